The normalized spacial score (nSPS) is 14.1. The zero-order chi connectivity index (χ0) is 20.9. The highest BCUT2D eigenvalue weighted by atomic mass is 16.6. The summed E-state index contributed by atoms with van der Waals surface area (Å²) in [5.74, 6) is -1.64. The molecule has 9 heteroatoms. The highest BCUT2D eigenvalue weighted by molar-refractivity contribution is 5.89. The van der Waals surface area contributed by atoms with E-state index >= 15 is 0 Å². The minimum absolute atomic E-state index is 0.198. The van der Waals surface area contributed by atoms with E-state index in [-0.39, 0.29) is 6.09 Å². The minimum atomic E-state index is -1.26. The van der Waals surface area contributed by atoms with Crippen LogP contribution in [0.3, 0.4) is 0 Å². The average Bonchev–Trinajstić information content (AvgIpc) is 2.68. The number of aliphatic carboxylic acids is 2. The first-order chi connectivity index (χ1) is 13.3. The molecule has 0 spiro atoms. The molecule has 0 aromatic heterocycles. The molecule has 2 N–H and O–H groups in total. The molecule has 2 rings (SSSR count). The molecule has 0 radical (unpaired) electrons. The van der Waals surface area contributed by atoms with E-state index in [0.717, 1.165) is 38.5 Å². The van der Waals surface area contributed by atoms with E-state index in [1.807, 2.05) is 19.1 Å². The second-order valence-electron chi connectivity index (χ2n) is 5.82. The number of hydrogen-bond acceptors (Lipinski definition) is 6. The van der Waals surface area contributed by atoms with Crippen LogP contribution < -0.4 is 4.74 Å². The number of carbonyl (C=O) groups excluding carboxylic acids is 1. The van der Waals surface area contributed by atoms with Crippen molar-refractivity contribution < 1.29 is 34.1 Å². The number of carbonyl (C=O) groups is 3. The molecule has 0 bridgehead atoms. The van der Waals surface area contributed by atoms with E-state index in [1.165, 1.54) is 5.56 Å². The second-order valence-corrected chi connectivity index (χ2v) is 5.82. The van der Waals surface area contributed by atoms with Crippen LogP contribution in [0.25, 0.3) is 0 Å². The highest BCUT2D eigenvalue weighted by Crippen LogP contribution is 2.14. The third-order valence-electron chi connectivity index (χ3n) is 3.83. The maximum absolute atomic E-state index is 11.6. The number of amides is 1. The van der Waals surface area contributed by atoms with Crippen molar-refractivity contribution in [2.75, 3.05) is 39.9 Å². The summed E-state index contributed by atoms with van der Waals surface area (Å²) in [4.78, 5) is 34.8. The summed E-state index contributed by atoms with van der Waals surface area (Å²) in [5.41, 5.74) is 1.26. The smallest absolute Gasteiger partial charge is 0.409 e. The molecule has 28 heavy (non-hydrogen) atoms. The molecule has 1 aromatic rings. The van der Waals surface area contributed by atoms with Crippen molar-refractivity contribution in [1.82, 2.24) is 9.80 Å². The molecule has 1 heterocycles. The lowest BCUT2D eigenvalue weighted by Gasteiger charge is -2.34. The van der Waals surface area contributed by atoms with Crippen LogP contribution in [-0.4, -0.2) is 77.9 Å². The van der Waals surface area contributed by atoms with Gasteiger partial charge in [-0.25, -0.2) is 14.4 Å². The Labute approximate surface area is 163 Å². The first kappa shape index (κ1) is 23.0. The molecule has 0 saturated carbocycles. The molecule has 1 fully saturated rings. The number of benzene rings is 1. The summed E-state index contributed by atoms with van der Waals surface area (Å²) in [5, 5.41) is 15.6. The maximum Gasteiger partial charge on any atom is 0.409 e. The van der Waals surface area contributed by atoms with E-state index in [9.17, 15) is 14.4 Å². The number of hydrogen-bond donors (Lipinski definition) is 2. The van der Waals surface area contributed by atoms with Crippen molar-refractivity contribution in [1.29, 1.82) is 0 Å². The lowest BCUT2D eigenvalue weighted by Crippen LogP contribution is -2.48. The predicted molar refractivity (Wildman–Crippen MR) is 101 cm³/mol. The third-order valence-corrected chi connectivity index (χ3v) is 3.83. The van der Waals surface area contributed by atoms with Gasteiger partial charge in [0.1, 0.15) is 5.75 Å². The van der Waals surface area contributed by atoms with Crippen LogP contribution in [0, 0.1) is 0 Å². The number of rotatable bonds is 6. The molecule has 0 atom stereocenters. The summed E-state index contributed by atoms with van der Waals surface area (Å²) in [6.45, 7) is 6.39. The van der Waals surface area contributed by atoms with E-state index in [1.54, 1.807) is 12.0 Å². The van der Waals surface area contributed by atoms with E-state index in [2.05, 4.69) is 17.0 Å². The Morgan fingerprint density at radius 2 is 1.54 bits per heavy atom. The zero-order valence-corrected chi connectivity index (χ0v) is 16.0. The summed E-state index contributed by atoms with van der Waals surface area (Å²) in [7, 11) is 1.67. The van der Waals surface area contributed by atoms with Gasteiger partial charge in [-0.2, -0.15) is 0 Å². The molecule has 1 saturated heterocycles. The summed E-state index contributed by atoms with van der Waals surface area (Å²) in [6, 6.07) is 8.11. The first-order valence-corrected chi connectivity index (χ1v) is 8.76. The lowest BCUT2D eigenvalue weighted by atomic mass is 10.2. The number of nitrogens with zero attached hydrogens (tertiary/aromatic N) is 2. The van der Waals surface area contributed by atoms with Crippen LogP contribution in [0.2, 0.25) is 0 Å². The maximum atomic E-state index is 11.6. The van der Waals surface area contributed by atoms with Crippen molar-refractivity contribution in [3.05, 3.63) is 42.0 Å². The van der Waals surface area contributed by atoms with Gasteiger partial charge in [-0.05, 0) is 24.6 Å². The van der Waals surface area contributed by atoms with Gasteiger partial charge in [0.15, 0.2) is 0 Å². The van der Waals surface area contributed by atoms with Gasteiger partial charge < -0.3 is 24.6 Å². The molecule has 0 unspecified atom stereocenters. The van der Waals surface area contributed by atoms with Crippen LogP contribution in [0.1, 0.15) is 12.5 Å². The molecule has 0 aliphatic carbocycles. The second kappa shape index (κ2) is 12.3. The number of carboxylic acids is 2. The molecule has 1 aliphatic heterocycles. The Morgan fingerprint density at radius 1 is 1.00 bits per heavy atom. The Morgan fingerprint density at radius 3 is 1.96 bits per heavy atom. The van der Waals surface area contributed by atoms with Crippen molar-refractivity contribution in [2.45, 2.75) is 13.5 Å². The molecular weight excluding hydrogens is 368 g/mol. The van der Waals surface area contributed by atoms with Gasteiger partial charge in [-0.3, -0.25) is 4.90 Å². The molecule has 1 amide bonds. The van der Waals surface area contributed by atoms with Gasteiger partial charge in [0.05, 0.1) is 13.7 Å². The van der Waals surface area contributed by atoms with Crippen molar-refractivity contribution in [2.24, 2.45) is 0 Å². The predicted octanol–water partition coefficient (Wildman–Crippen LogP) is 1.68. The van der Waals surface area contributed by atoms with Gasteiger partial charge in [0.2, 0.25) is 0 Å². The number of carboxylic acid groups (broad SMARTS) is 2. The van der Waals surface area contributed by atoms with E-state index in [4.69, 9.17) is 19.7 Å². The van der Waals surface area contributed by atoms with Crippen LogP contribution in [0.5, 0.6) is 5.75 Å². The fourth-order valence-electron chi connectivity index (χ4n) is 2.44. The number of ether oxygens (including phenoxy) is 2. The lowest BCUT2D eigenvalue weighted by molar-refractivity contribution is -0.134. The fraction of sp³-hybridized carbons (Fsp3) is 0.421. The van der Waals surface area contributed by atoms with Gasteiger partial charge in [-0.15, -0.1) is 0 Å². The standard InChI is InChI=1S/C15H22N2O3.C4H4O4/c1-3-20-15(18)17-10-8-16(9-11-17)12-13-4-6-14(19-2)7-5-13;5-3(6)1-2-4(7)8/h4-7H,3,8-12H2,1-2H3;1-2H,(H,5,6)(H,7,8)/b;2-1-. The van der Waals surface area contributed by atoms with Crippen LogP contribution in [-0.2, 0) is 20.9 Å². The monoisotopic (exact) mass is 394 g/mol. The van der Waals surface area contributed by atoms with Crippen molar-refractivity contribution >= 4 is 18.0 Å². The number of piperazine rings is 1. The Kier molecular flexibility index (Phi) is 10.1. The summed E-state index contributed by atoms with van der Waals surface area (Å²) >= 11 is 0. The SMILES string of the molecule is CCOC(=O)N1CCN(Cc2ccc(OC)cc2)CC1.O=C(O)/C=C\C(=O)O. The largest absolute Gasteiger partial charge is 0.497 e. The molecular formula is C19H26N2O7. The quantitative estimate of drug-likeness (QED) is 0.700. The van der Waals surface area contributed by atoms with Gasteiger partial charge >= 0.3 is 18.0 Å². The number of methoxy groups -OCH3 is 1. The zero-order valence-electron chi connectivity index (χ0n) is 16.0. The van der Waals surface area contributed by atoms with Crippen LogP contribution in [0.15, 0.2) is 36.4 Å². The van der Waals surface area contributed by atoms with Crippen LogP contribution >= 0.6 is 0 Å². The minimum Gasteiger partial charge on any atom is -0.497 e. The van der Waals surface area contributed by atoms with Crippen molar-refractivity contribution in [3.63, 3.8) is 0 Å². The summed E-state index contributed by atoms with van der Waals surface area (Å²) in [6.07, 6.45) is 0.918. The van der Waals surface area contributed by atoms with E-state index < -0.39 is 11.9 Å². The van der Waals surface area contributed by atoms with E-state index in [0.29, 0.717) is 18.8 Å². The first-order valence-electron chi connectivity index (χ1n) is 8.76. The summed E-state index contributed by atoms with van der Waals surface area (Å²) < 4.78 is 10.2. The Balaban J connectivity index is 0.000000416. The third kappa shape index (κ3) is 9.04. The molecule has 9 nitrogen and oxygen atoms in total. The molecule has 1 aromatic carbocycles. The van der Waals surface area contributed by atoms with Crippen LogP contribution in [0.4, 0.5) is 4.79 Å². The van der Waals surface area contributed by atoms with Gasteiger partial charge in [0, 0.05) is 44.9 Å². The van der Waals surface area contributed by atoms with Gasteiger partial charge in [0.25, 0.3) is 0 Å². The fourth-order valence-corrected chi connectivity index (χ4v) is 2.44. The molecule has 154 valence electrons. The topological polar surface area (TPSA) is 117 Å². The highest BCUT2D eigenvalue weighted by Gasteiger charge is 2.21. The average molecular weight is 394 g/mol. The van der Waals surface area contributed by atoms with Crippen molar-refractivity contribution in [3.8, 4) is 5.75 Å². The van der Waals surface area contributed by atoms with Gasteiger partial charge in [-0.1, -0.05) is 12.1 Å². The Hall–Kier alpha value is -3.07. The molecule has 1 aliphatic rings. The Bertz CT molecular complexity index is 649.